The molecule has 47 valence electrons. The first kappa shape index (κ1) is 6.27. The van der Waals surface area contributed by atoms with Gasteiger partial charge in [-0.2, -0.15) is 0 Å². The van der Waals surface area contributed by atoms with E-state index in [-0.39, 0.29) is 5.78 Å². The second-order valence-corrected chi connectivity index (χ2v) is 2.00. The third-order valence-corrected chi connectivity index (χ3v) is 1.36. The number of carbonyl (C=O) groups excluding carboxylic acids is 1. The zero-order valence-electron chi connectivity index (χ0n) is 5.26. The van der Waals surface area contributed by atoms with Crippen LogP contribution in [-0.4, -0.2) is 5.78 Å². The monoisotopic (exact) mass is 121 g/mol. The third-order valence-electron chi connectivity index (χ3n) is 1.36. The molecule has 1 radical (unpaired) electrons. The minimum atomic E-state index is 0.215. The van der Waals surface area contributed by atoms with Crippen LogP contribution in [0.3, 0.4) is 0 Å². The Labute approximate surface area is 55.1 Å². The Morgan fingerprint density at radius 1 is 1.67 bits per heavy atom. The Morgan fingerprint density at radius 3 is 2.89 bits per heavy atom. The molecule has 1 aliphatic rings. The van der Waals surface area contributed by atoms with Gasteiger partial charge in [-0.25, -0.2) is 0 Å². The Morgan fingerprint density at radius 2 is 2.44 bits per heavy atom. The van der Waals surface area contributed by atoms with E-state index in [9.17, 15) is 4.79 Å². The Hall–Kier alpha value is -0.850. The second-order valence-electron chi connectivity index (χ2n) is 2.00. The molecule has 0 unspecified atom stereocenters. The van der Waals surface area contributed by atoms with Gasteiger partial charge in [-0.15, -0.1) is 0 Å². The van der Waals surface area contributed by atoms with Crippen molar-refractivity contribution in [1.29, 1.82) is 0 Å². The van der Waals surface area contributed by atoms with Crippen LogP contribution in [0.2, 0.25) is 0 Å². The summed E-state index contributed by atoms with van der Waals surface area (Å²) in [6, 6.07) is 0. The number of ketones is 1. The fraction of sp³-hybridized carbons (Fsp3) is 0.250. The first-order valence-electron chi connectivity index (χ1n) is 3.02. The average Bonchev–Trinajstić information content (AvgIpc) is 1.89. The second kappa shape index (κ2) is 2.62. The van der Waals surface area contributed by atoms with Crippen molar-refractivity contribution in [3.63, 3.8) is 0 Å². The van der Waals surface area contributed by atoms with Crippen molar-refractivity contribution in [2.45, 2.75) is 12.8 Å². The summed E-state index contributed by atoms with van der Waals surface area (Å²) in [7, 11) is 0. The van der Waals surface area contributed by atoms with E-state index in [1.807, 2.05) is 18.2 Å². The van der Waals surface area contributed by atoms with Crippen LogP contribution < -0.4 is 0 Å². The molecule has 0 atom stereocenters. The minimum Gasteiger partial charge on any atom is -0.294 e. The van der Waals surface area contributed by atoms with Gasteiger partial charge in [0.2, 0.25) is 0 Å². The van der Waals surface area contributed by atoms with Crippen molar-refractivity contribution in [3.8, 4) is 0 Å². The van der Waals surface area contributed by atoms with Crippen LogP contribution in [0.5, 0.6) is 0 Å². The highest BCUT2D eigenvalue weighted by molar-refractivity contribution is 5.97. The molecule has 9 heavy (non-hydrogen) atoms. The quantitative estimate of drug-likeness (QED) is 0.515. The van der Waals surface area contributed by atoms with Gasteiger partial charge >= 0.3 is 0 Å². The van der Waals surface area contributed by atoms with Crippen LogP contribution in [0.1, 0.15) is 12.8 Å². The molecule has 0 spiro atoms. The van der Waals surface area contributed by atoms with Crippen LogP contribution in [0.25, 0.3) is 0 Å². The molecule has 0 aromatic heterocycles. The minimum absolute atomic E-state index is 0.215. The van der Waals surface area contributed by atoms with E-state index in [0.29, 0.717) is 12.8 Å². The zero-order valence-corrected chi connectivity index (χ0v) is 5.26. The van der Waals surface area contributed by atoms with E-state index in [1.165, 1.54) is 0 Å². The number of carbonyl (C=O) groups is 1. The molecular formula is C8H9O. The lowest BCUT2D eigenvalue weighted by atomic mass is 10.0. The molecule has 0 aromatic carbocycles. The molecular weight excluding hydrogens is 112 g/mol. The number of hydrogen-bond acceptors (Lipinski definition) is 1. The summed E-state index contributed by atoms with van der Waals surface area (Å²) in [4.78, 5) is 10.9. The molecule has 0 saturated heterocycles. The molecule has 1 heteroatoms. The summed E-state index contributed by atoms with van der Waals surface area (Å²) in [6.07, 6.45) is 6.77. The number of allylic oxidation sites excluding steroid dienone is 4. The first-order chi connectivity index (χ1) is 4.34. The fourth-order valence-electron chi connectivity index (χ4n) is 0.806. The molecule has 0 aromatic rings. The molecule has 0 heterocycles. The maximum absolute atomic E-state index is 10.9. The number of hydrogen-bond donors (Lipinski definition) is 0. The van der Waals surface area contributed by atoms with Crippen LogP contribution in [-0.2, 0) is 4.79 Å². The van der Waals surface area contributed by atoms with E-state index in [2.05, 4.69) is 6.92 Å². The van der Waals surface area contributed by atoms with Crippen LogP contribution in [0.4, 0.5) is 0 Å². The Bertz CT molecular complexity index is 175. The van der Waals surface area contributed by atoms with Gasteiger partial charge in [0, 0.05) is 6.42 Å². The largest absolute Gasteiger partial charge is 0.294 e. The zero-order chi connectivity index (χ0) is 6.69. The maximum Gasteiger partial charge on any atom is 0.162 e. The van der Waals surface area contributed by atoms with Gasteiger partial charge in [0.1, 0.15) is 0 Å². The van der Waals surface area contributed by atoms with E-state index in [0.717, 1.165) is 5.57 Å². The van der Waals surface area contributed by atoms with Gasteiger partial charge in [0.25, 0.3) is 0 Å². The summed E-state index contributed by atoms with van der Waals surface area (Å²) >= 11 is 0. The third kappa shape index (κ3) is 1.28. The van der Waals surface area contributed by atoms with Gasteiger partial charge < -0.3 is 0 Å². The van der Waals surface area contributed by atoms with Crippen molar-refractivity contribution >= 4 is 5.78 Å². The number of Topliss-reactive ketones (excluding diaryl/α,β-unsaturated/α-hetero) is 1. The summed E-state index contributed by atoms with van der Waals surface area (Å²) in [6.45, 7) is 3.64. The highest BCUT2D eigenvalue weighted by atomic mass is 16.1. The van der Waals surface area contributed by atoms with Crippen LogP contribution in [0, 0.1) is 6.92 Å². The van der Waals surface area contributed by atoms with Gasteiger partial charge in [0.15, 0.2) is 5.78 Å². The van der Waals surface area contributed by atoms with E-state index in [4.69, 9.17) is 0 Å². The van der Waals surface area contributed by atoms with Crippen molar-refractivity contribution in [2.24, 2.45) is 0 Å². The number of rotatable bonds is 1. The lowest BCUT2D eigenvalue weighted by molar-refractivity contribution is -0.114. The van der Waals surface area contributed by atoms with Gasteiger partial charge in [-0.1, -0.05) is 18.2 Å². The fourth-order valence-corrected chi connectivity index (χ4v) is 0.806. The van der Waals surface area contributed by atoms with E-state index < -0.39 is 0 Å². The average molecular weight is 121 g/mol. The summed E-state index contributed by atoms with van der Waals surface area (Å²) < 4.78 is 0. The van der Waals surface area contributed by atoms with Crippen molar-refractivity contribution < 1.29 is 4.79 Å². The topological polar surface area (TPSA) is 17.1 Å². The van der Waals surface area contributed by atoms with Crippen LogP contribution >= 0.6 is 0 Å². The standard InChI is InChI=1S/C8H9O/c1-2-7-5-3-4-6-8(7)9/h3-5H,1-2,6H2. The molecule has 0 amide bonds. The van der Waals surface area contributed by atoms with E-state index in [1.54, 1.807) is 0 Å². The SMILES string of the molecule is [CH2]CC1=CC=CCC1=O. The molecule has 0 N–H and O–H groups in total. The predicted molar refractivity (Wildman–Crippen MR) is 36.8 cm³/mol. The molecule has 1 rings (SSSR count). The van der Waals surface area contributed by atoms with Crippen molar-refractivity contribution in [2.75, 3.05) is 0 Å². The van der Waals surface area contributed by atoms with Gasteiger partial charge in [0.05, 0.1) is 0 Å². The predicted octanol–water partition coefficient (Wildman–Crippen LogP) is 1.67. The Balaban J connectivity index is 2.74. The Kier molecular flexibility index (Phi) is 1.83. The van der Waals surface area contributed by atoms with Gasteiger partial charge in [-0.05, 0) is 18.9 Å². The highest BCUT2D eigenvalue weighted by Crippen LogP contribution is 2.09. The maximum atomic E-state index is 10.9. The molecule has 0 fully saturated rings. The van der Waals surface area contributed by atoms with Gasteiger partial charge in [-0.3, -0.25) is 4.79 Å². The molecule has 0 saturated carbocycles. The molecule has 0 bridgehead atoms. The lowest BCUT2D eigenvalue weighted by Crippen LogP contribution is -2.02. The molecule has 1 nitrogen and oxygen atoms in total. The van der Waals surface area contributed by atoms with Crippen molar-refractivity contribution in [3.05, 3.63) is 30.7 Å². The molecule has 1 aliphatic carbocycles. The first-order valence-corrected chi connectivity index (χ1v) is 3.02. The summed E-state index contributed by atoms with van der Waals surface area (Å²) in [5, 5.41) is 0. The highest BCUT2D eigenvalue weighted by Gasteiger charge is 2.06. The molecule has 0 aliphatic heterocycles. The smallest absolute Gasteiger partial charge is 0.162 e. The van der Waals surface area contributed by atoms with Crippen LogP contribution in [0.15, 0.2) is 23.8 Å². The van der Waals surface area contributed by atoms with E-state index >= 15 is 0 Å². The lowest BCUT2D eigenvalue weighted by Gasteiger charge is -2.02. The summed E-state index contributed by atoms with van der Waals surface area (Å²) in [5.74, 6) is 0.215. The normalized spacial score (nSPS) is 17.9. The van der Waals surface area contributed by atoms with Crippen molar-refractivity contribution in [1.82, 2.24) is 0 Å². The summed E-state index contributed by atoms with van der Waals surface area (Å²) in [5.41, 5.74) is 0.845.